The van der Waals surface area contributed by atoms with Crippen molar-refractivity contribution in [2.45, 2.75) is 56.1 Å². The van der Waals surface area contributed by atoms with Crippen molar-refractivity contribution in [3.63, 3.8) is 0 Å². The first-order valence-electron chi connectivity index (χ1n) is 10.6. The second-order valence-corrected chi connectivity index (χ2v) is 8.10. The Hall–Kier alpha value is -2.25. The number of carbonyl (C=O) groups is 1. The minimum Gasteiger partial charge on any atom is -0.459 e. The molecule has 0 N–H and O–H groups in total. The quantitative estimate of drug-likeness (QED) is 0.710. The van der Waals surface area contributed by atoms with Crippen LogP contribution in [0.5, 0.6) is 0 Å². The summed E-state index contributed by atoms with van der Waals surface area (Å²) < 4.78 is 30.1. The lowest BCUT2D eigenvalue weighted by Gasteiger charge is -2.46. The van der Waals surface area contributed by atoms with E-state index in [2.05, 4.69) is 0 Å². The number of carbonyl (C=O) groups excluding carboxylic acids is 1. The van der Waals surface area contributed by atoms with E-state index in [0.29, 0.717) is 12.2 Å². The molecule has 30 heavy (non-hydrogen) atoms. The van der Waals surface area contributed by atoms with Crippen molar-refractivity contribution in [3.05, 3.63) is 71.8 Å². The van der Waals surface area contributed by atoms with Crippen LogP contribution >= 0.6 is 0 Å². The SMILES string of the molecule is O=C(OC[C@@H]1CC[C@]2(CC[C@@H]3O[C@H](c4ccccc4)OC[C@H]3O2)O1)c1ccccc1. The van der Waals surface area contributed by atoms with Crippen LogP contribution in [0.2, 0.25) is 0 Å². The van der Waals surface area contributed by atoms with Gasteiger partial charge in [-0.2, -0.15) is 0 Å². The highest BCUT2D eigenvalue weighted by Gasteiger charge is 2.50. The minimum absolute atomic E-state index is 0.00635. The van der Waals surface area contributed by atoms with E-state index in [1.165, 1.54) is 0 Å². The molecule has 3 saturated heterocycles. The summed E-state index contributed by atoms with van der Waals surface area (Å²) in [6, 6.07) is 19.0. The number of ether oxygens (including phenoxy) is 5. The van der Waals surface area contributed by atoms with Crippen LogP contribution in [0.15, 0.2) is 60.7 Å². The zero-order chi connectivity index (χ0) is 20.4. The van der Waals surface area contributed by atoms with Crippen LogP contribution in [-0.2, 0) is 23.7 Å². The predicted molar refractivity (Wildman–Crippen MR) is 108 cm³/mol. The average Bonchev–Trinajstić information content (AvgIpc) is 3.20. The molecule has 0 amide bonds. The Bertz CT molecular complexity index is 857. The van der Waals surface area contributed by atoms with Gasteiger partial charge < -0.3 is 23.7 Å². The van der Waals surface area contributed by atoms with Crippen LogP contribution in [0.3, 0.4) is 0 Å². The van der Waals surface area contributed by atoms with E-state index < -0.39 is 5.79 Å². The molecule has 0 radical (unpaired) electrons. The molecule has 2 aromatic carbocycles. The molecular formula is C24H26O6. The number of hydrogen-bond donors (Lipinski definition) is 0. The Morgan fingerprint density at radius 2 is 1.67 bits per heavy atom. The highest BCUT2D eigenvalue weighted by molar-refractivity contribution is 5.89. The molecule has 0 unspecified atom stereocenters. The van der Waals surface area contributed by atoms with Crippen molar-refractivity contribution in [3.8, 4) is 0 Å². The van der Waals surface area contributed by atoms with Gasteiger partial charge in [0, 0.05) is 18.4 Å². The van der Waals surface area contributed by atoms with Crippen molar-refractivity contribution >= 4 is 5.97 Å². The third-order valence-corrected chi connectivity index (χ3v) is 6.01. The number of rotatable bonds is 4. The summed E-state index contributed by atoms with van der Waals surface area (Å²) in [5.74, 6) is -0.956. The lowest BCUT2D eigenvalue weighted by Crippen LogP contribution is -2.53. The molecule has 0 aliphatic carbocycles. The average molecular weight is 410 g/mol. The fourth-order valence-corrected chi connectivity index (χ4v) is 4.44. The van der Waals surface area contributed by atoms with E-state index in [0.717, 1.165) is 31.2 Å². The van der Waals surface area contributed by atoms with E-state index in [1.54, 1.807) is 12.1 Å². The smallest absolute Gasteiger partial charge is 0.338 e. The second kappa shape index (κ2) is 8.47. The van der Waals surface area contributed by atoms with E-state index in [1.807, 2.05) is 48.5 Å². The number of hydrogen-bond acceptors (Lipinski definition) is 6. The summed E-state index contributed by atoms with van der Waals surface area (Å²) in [6.07, 6.45) is 2.54. The van der Waals surface area contributed by atoms with Gasteiger partial charge in [-0.3, -0.25) is 0 Å². The maximum absolute atomic E-state index is 12.2. The second-order valence-electron chi connectivity index (χ2n) is 8.10. The molecule has 6 nitrogen and oxygen atoms in total. The Kier molecular flexibility index (Phi) is 5.56. The summed E-state index contributed by atoms with van der Waals surface area (Å²) in [5.41, 5.74) is 1.57. The topological polar surface area (TPSA) is 63.2 Å². The first-order valence-corrected chi connectivity index (χ1v) is 10.6. The molecule has 5 atom stereocenters. The van der Waals surface area contributed by atoms with Crippen molar-refractivity contribution in [2.24, 2.45) is 0 Å². The molecule has 6 heteroatoms. The highest BCUT2D eigenvalue weighted by Crippen LogP contribution is 2.44. The lowest BCUT2D eigenvalue weighted by atomic mass is 9.95. The first-order chi connectivity index (χ1) is 14.7. The van der Waals surface area contributed by atoms with Gasteiger partial charge in [0.25, 0.3) is 0 Å². The fraction of sp³-hybridized carbons (Fsp3) is 0.458. The summed E-state index contributed by atoms with van der Waals surface area (Å²) in [6.45, 7) is 0.707. The molecule has 3 fully saturated rings. The zero-order valence-corrected chi connectivity index (χ0v) is 16.8. The molecular weight excluding hydrogens is 384 g/mol. The van der Waals surface area contributed by atoms with Gasteiger partial charge in [0.05, 0.1) is 24.4 Å². The van der Waals surface area contributed by atoms with Crippen LogP contribution in [0.1, 0.15) is 47.9 Å². The van der Waals surface area contributed by atoms with Gasteiger partial charge in [0.15, 0.2) is 12.1 Å². The zero-order valence-electron chi connectivity index (χ0n) is 16.8. The van der Waals surface area contributed by atoms with E-state index in [4.69, 9.17) is 23.7 Å². The molecule has 3 heterocycles. The molecule has 0 saturated carbocycles. The van der Waals surface area contributed by atoms with E-state index in [9.17, 15) is 4.79 Å². The first kappa shape index (κ1) is 19.7. The molecule has 158 valence electrons. The molecule has 2 aromatic rings. The number of esters is 1. The van der Waals surface area contributed by atoms with Crippen molar-refractivity contribution < 1.29 is 28.5 Å². The van der Waals surface area contributed by atoms with Gasteiger partial charge in [-0.1, -0.05) is 48.5 Å². The van der Waals surface area contributed by atoms with Gasteiger partial charge >= 0.3 is 5.97 Å². The van der Waals surface area contributed by atoms with Crippen molar-refractivity contribution in [1.29, 1.82) is 0 Å². The third kappa shape index (κ3) is 4.14. The van der Waals surface area contributed by atoms with Gasteiger partial charge in [-0.15, -0.1) is 0 Å². The Labute approximate surface area is 176 Å². The standard InChI is InChI=1S/C24H26O6/c25-22(17-7-3-1-4-8-17)26-15-19-11-13-24(29-19)14-12-20-21(30-24)16-27-23(28-20)18-9-5-2-6-10-18/h1-10,19-21,23H,11-16H2/t19-,20-,21+,23+,24-/m0/s1. The molecule has 5 rings (SSSR count). The normalized spacial score (nSPS) is 33.2. The maximum atomic E-state index is 12.2. The van der Waals surface area contributed by atoms with Crippen LogP contribution < -0.4 is 0 Å². The van der Waals surface area contributed by atoms with Crippen LogP contribution in [0.25, 0.3) is 0 Å². The van der Waals surface area contributed by atoms with E-state index >= 15 is 0 Å². The Morgan fingerprint density at radius 3 is 2.47 bits per heavy atom. The third-order valence-electron chi connectivity index (χ3n) is 6.01. The minimum atomic E-state index is -0.628. The summed E-state index contributed by atoms with van der Waals surface area (Å²) in [4.78, 5) is 12.2. The maximum Gasteiger partial charge on any atom is 0.338 e. The van der Waals surface area contributed by atoms with Crippen LogP contribution in [-0.4, -0.2) is 43.3 Å². The predicted octanol–water partition coefficient (Wildman–Crippen LogP) is 4.01. The monoisotopic (exact) mass is 410 g/mol. The van der Waals surface area contributed by atoms with Gasteiger partial charge in [0.2, 0.25) is 0 Å². The molecule has 0 bridgehead atoms. The van der Waals surface area contributed by atoms with Gasteiger partial charge in [0.1, 0.15) is 12.7 Å². The molecule has 0 aromatic heterocycles. The molecule has 1 spiro atoms. The van der Waals surface area contributed by atoms with Crippen molar-refractivity contribution in [1.82, 2.24) is 0 Å². The number of fused-ring (bicyclic) bond motifs is 1. The van der Waals surface area contributed by atoms with Gasteiger partial charge in [-0.25, -0.2) is 4.79 Å². The van der Waals surface area contributed by atoms with Gasteiger partial charge in [-0.05, 0) is 25.0 Å². The van der Waals surface area contributed by atoms with Crippen molar-refractivity contribution in [2.75, 3.05) is 13.2 Å². The Morgan fingerprint density at radius 1 is 0.933 bits per heavy atom. The largest absolute Gasteiger partial charge is 0.459 e. The van der Waals surface area contributed by atoms with E-state index in [-0.39, 0.29) is 37.2 Å². The van der Waals surface area contributed by atoms with Crippen LogP contribution in [0.4, 0.5) is 0 Å². The number of benzene rings is 2. The summed E-state index contributed by atoms with van der Waals surface area (Å²) in [7, 11) is 0. The Balaban J connectivity index is 1.13. The highest BCUT2D eigenvalue weighted by atomic mass is 16.8. The lowest BCUT2D eigenvalue weighted by molar-refractivity contribution is -0.350. The summed E-state index contributed by atoms with van der Waals surface area (Å²) >= 11 is 0. The summed E-state index contributed by atoms with van der Waals surface area (Å²) in [5, 5.41) is 0. The fourth-order valence-electron chi connectivity index (χ4n) is 4.44. The molecule has 3 aliphatic heterocycles. The van der Waals surface area contributed by atoms with Crippen LogP contribution in [0, 0.1) is 0 Å². The molecule has 3 aliphatic rings.